The highest BCUT2D eigenvalue weighted by atomic mass is 32.2. The number of aryl methyl sites for hydroxylation is 1. The van der Waals surface area contributed by atoms with E-state index >= 15 is 0 Å². The monoisotopic (exact) mass is 314 g/mol. The molecule has 21 heavy (non-hydrogen) atoms. The largest absolute Gasteiger partial charge is 0.481 e. The van der Waals surface area contributed by atoms with Crippen LogP contribution in [0, 0.1) is 6.92 Å². The van der Waals surface area contributed by atoms with Crippen molar-refractivity contribution in [2.75, 3.05) is 0 Å². The SMILES string of the molecule is CCC(C)NC(=O)C(C)Oc1ccc(S(N)(=O)=O)c(C)c1. The van der Waals surface area contributed by atoms with Crippen LogP contribution in [0.1, 0.15) is 32.8 Å². The van der Waals surface area contributed by atoms with E-state index in [1.54, 1.807) is 19.9 Å². The van der Waals surface area contributed by atoms with E-state index in [1.807, 2.05) is 13.8 Å². The molecule has 2 atom stereocenters. The summed E-state index contributed by atoms with van der Waals surface area (Å²) in [6.45, 7) is 7.15. The number of hydrogen-bond acceptors (Lipinski definition) is 4. The number of nitrogens with two attached hydrogens (primary N) is 1. The molecule has 2 unspecified atom stereocenters. The van der Waals surface area contributed by atoms with Crippen LogP contribution in [0.15, 0.2) is 23.1 Å². The molecule has 1 amide bonds. The zero-order valence-corrected chi connectivity index (χ0v) is 13.5. The lowest BCUT2D eigenvalue weighted by molar-refractivity contribution is -0.127. The van der Waals surface area contributed by atoms with Gasteiger partial charge in [0.25, 0.3) is 5.91 Å². The van der Waals surface area contributed by atoms with Crippen molar-refractivity contribution >= 4 is 15.9 Å². The maximum Gasteiger partial charge on any atom is 0.260 e. The summed E-state index contributed by atoms with van der Waals surface area (Å²) >= 11 is 0. The summed E-state index contributed by atoms with van der Waals surface area (Å²) in [5.74, 6) is 0.212. The molecule has 1 rings (SSSR count). The Hall–Kier alpha value is -1.60. The summed E-state index contributed by atoms with van der Waals surface area (Å²) in [4.78, 5) is 11.9. The van der Waals surface area contributed by atoms with Gasteiger partial charge in [-0.2, -0.15) is 0 Å². The lowest BCUT2D eigenvalue weighted by Gasteiger charge is -2.18. The van der Waals surface area contributed by atoms with Gasteiger partial charge in [-0.1, -0.05) is 6.92 Å². The Bertz CT molecular complexity index is 613. The summed E-state index contributed by atoms with van der Waals surface area (Å²) < 4.78 is 28.2. The van der Waals surface area contributed by atoms with E-state index in [4.69, 9.17) is 9.88 Å². The number of sulfonamides is 1. The van der Waals surface area contributed by atoms with Gasteiger partial charge in [0.1, 0.15) is 5.75 Å². The average Bonchev–Trinajstić information content (AvgIpc) is 2.36. The molecule has 0 saturated heterocycles. The smallest absolute Gasteiger partial charge is 0.260 e. The van der Waals surface area contributed by atoms with Gasteiger partial charge in [-0.15, -0.1) is 0 Å². The van der Waals surface area contributed by atoms with Crippen LogP contribution >= 0.6 is 0 Å². The first-order chi connectivity index (χ1) is 9.65. The van der Waals surface area contributed by atoms with Crippen molar-refractivity contribution in [2.45, 2.75) is 51.2 Å². The molecule has 118 valence electrons. The molecule has 0 fully saturated rings. The predicted molar refractivity (Wildman–Crippen MR) is 80.5 cm³/mol. The van der Waals surface area contributed by atoms with Crippen molar-refractivity contribution in [3.63, 3.8) is 0 Å². The number of ether oxygens (including phenoxy) is 1. The average molecular weight is 314 g/mol. The van der Waals surface area contributed by atoms with E-state index in [9.17, 15) is 13.2 Å². The van der Waals surface area contributed by atoms with Crippen LogP contribution in [-0.2, 0) is 14.8 Å². The van der Waals surface area contributed by atoms with Gasteiger partial charge < -0.3 is 10.1 Å². The van der Waals surface area contributed by atoms with Gasteiger partial charge in [0.15, 0.2) is 6.10 Å². The fraction of sp³-hybridized carbons (Fsp3) is 0.500. The molecule has 7 heteroatoms. The Morgan fingerprint density at radius 1 is 1.38 bits per heavy atom. The summed E-state index contributed by atoms with van der Waals surface area (Å²) in [5, 5.41) is 7.91. The quantitative estimate of drug-likeness (QED) is 0.827. The number of nitrogens with one attached hydrogen (secondary N) is 1. The van der Waals surface area contributed by atoms with E-state index in [2.05, 4.69) is 5.32 Å². The normalized spacial score (nSPS) is 14.3. The number of benzene rings is 1. The Morgan fingerprint density at radius 3 is 2.48 bits per heavy atom. The fourth-order valence-electron chi connectivity index (χ4n) is 1.73. The first-order valence-electron chi connectivity index (χ1n) is 6.75. The van der Waals surface area contributed by atoms with Gasteiger partial charge in [0, 0.05) is 6.04 Å². The highest BCUT2D eigenvalue weighted by molar-refractivity contribution is 7.89. The maximum absolute atomic E-state index is 11.9. The first kappa shape index (κ1) is 17.5. The third-order valence-corrected chi connectivity index (χ3v) is 4.21. The minimum absolute atomic E-state index is 0.0477. The molecule has 0 aromatic heterocycles. The van der Waals surface area contributed by atoms with Crippen molar-refractivity contribution < 1.29 is 17.9 Å². The highest BCUT2D eigenvalue weighted by Crippen LogP contribution is 2.21. The number of carbonyl (C=O) groups is 1. The molecule has 0 aliphatic rings. The summed E-state index contributed by atoms with van der Waals surface area (Å²) in [7, 11) is -3.75. The van der Waals surface area contributed by atoms with E-state index < -0.39 is 16.1 Å². The van der Waals surface area contributed by atoms with Gasteiger partial charge in [-0.05, 0) is 51.0 Å². The standard InChI is InChI=1S/C14H22N2O4S/c1-5-10(3)16-14(17)11(4)20-12-6-7-13(9(2)8-12)21(15,18)19/h6-8,10-11H,5H2,1-4H3,(H,16,17)(H2,15,18,19). The predicted octanol–water partition coefficient (Wildman–Crippen LogP) is 1.32. The Labute approximate surface area is 125 Å². The minimum atomic E-state index is -3.75. The molecule has 3 N–H and O–H groups in total. The molecule has 1 aromatic rings. The van der Waals surface area contributed by atoms with E-state index in [0.717, 1.165) is 6.42 Å². The first-order valence-corrected chi connectivity index (χ1v) is 8.30. The summed E-state index contributed by atoms with van der Waals surface area (Å²) in [5.41, 5.74) is 0.476. The van der Waals surface area contributed by atoms with Crippen molar-refractivity contribution in [3.05, 3.63) is 23.8 Å². The maximum atomic E-state index is 11.9. The van der Waals surface area contributed by atoms with Crippen LogP contribution in [0.3, 0.4) is 0 Å². The molecule has 0 aliphatic heterocycles. The van der Waals surface area contributed by atoms with Crippen molar-refractivity contribution in [3.8, 4) is 5.75 Å². The van der Waals surface area contributed by atoms with Crippen LogP contribution in [0.5, 0.6) is 5.75 Å². The molecule has 0 bridgehead atoms. The van der Waals surface area contributed by atoms with Crippen molar-refractivity contribution in [1.29, 1.82) is 0 Å². The Morgan fingerprint density at radius 2 is 2.00 bits per heavy atom. The third kappa shape index (κ3) is 5.02. The lowest BCUT2D eigenvalue weighted by Crippen LogP contribution is -2.41. The molecule has 6 nitrogen and oxygen atoms in total. The van der Waals surface area contributed by atoms with E-state index in [-0.39, 0.29) is 16.8 Å². The zero-order chi connectivity index (χ0) is 16.2. The van der Waals surface area contributed by atoms with Crippen molar-refractivity contribution in [1.82, 2.24) is 5.32 Å². The number of amides is 1. The van der Waals surface area contributed by atoms with Gasteiger partial charge in [0.2, 0.25) is 10.0 Å². The van der Waals surface area contributed by atoms with Crippen LogP contribution in [0.25, 0.3) is 0 Å². The number of hydrogen-bond donors (Lipinski definition) is 2. The molecule has 0 saturated carbocycles. The number of primary sulfonamides is 1. The van der Waals surface area contributed by atoms with Crippen LogP contribution in [0.4, 0.5) is 0 Å². The van der Waals surface area contributed by atoms with Gasteiger partial charge >= 0.3 is 0 Å². The minimum Gasteiger partial charge on any atom is -0.481 e. The molecule has 0 heterocycles. The second-order valence-corrected chi connectivity index (χ2v) is 6.58. The molecule has 0 spiro atoms. The molecule has 0 aliphatic carbocycles. The Balaban J connectivity index is 2.80. The lowest BCUT2D eigenvalue weighted by atomic mass is 10.2. The van der Waals surface area contributed by atoms with Crippen LogP contribution in [-0.4, -0.2) is 26.5 Å². The summed E-state index contributed by atoms with van der Waals surface area (Å²) in [6.07, 6.45) is 0.166. The van der Waals surface area contributed by atoms with Gasteiger partial charge in [0.05, 0.1) is 4.90 Å². The molecular formula is C14H22N2O4S. The van der Waals surface area contributed by atoms with E-state index in [0.29, 0.717) is 11.3 Å². The molecule has 0 radical (unpaired) electrons. The molecular weight excluding hydrogens is 292 g/mol. The summed E-state index contributed by atoms with van der Waals surface area (Å²) in [6, 6.07) is 4.49. The van der Waals surface area contributed by atoms with Crippen LogP contribution in [0.2, 0.25) is 0 Å². The highest BCUT2D eigenvalue weighted by Gasteiger charge is 2.17. The van der Waals surface area contributed by atoms with Crippen molar-refractivity contribution in [2.24, 2.45) is 5.14 Å². The number of carbonyl (C=O) groups excluding carboxylic acids is 1. The van der Waals surface area contributed by atoms with E-state index in [1.165, 1.54) is 12.1 Å². The zero-order valence-electron chi connectivity index (χ0n) is 12.7. The van der Waals surface area contributed by atoms with Crippen LogP contribution < -0.4 is 15.2 Å². The van der Waals surface area contributed by atoms with Gasteiger partial charge in [-0.3, -0.25) is 4.79 Å². The molecule has 1 aromatic carbocycles. The Kier molecular flexibility index (Phi) is 5.74. The number of rotatable bonds is 6. The second kappa shape index (κ2) is 6.91. The topological polar surface area (TPSA) is 98.5 Å². The third-order valence-electron chi connectivity index (χ3n) is 3.14. The fourth-order valence-corrected chi connectivity index (χ4v) is 2.50. The second-order valence-electron chi connectivity index (χ2n) is 5.05. The van der Waals surface area contributed by atoms with Gasteiger partial charge in [-0.25, -0.2) is 13.6 Å².